The van der Waals surface area contributed by atoms with E-state index in [1.54, 1.807) is 24.3 Å². The summed E-state index contributed by atoms with van der Waals surface area (Å²) < 4.78 is 1.80. The molecule has 1 aromatic heterocycles. The number of hydrogen-bond acceptors (Lipinski definition) is 3. The minimum atomic E-state index is -1.01. The quantitative estimate of drug-likeness (QED) is 0.775. The first kappa shape index (κ1) is 13.5. The molecule has 0 atom stereocenters. The Kier molecular flexibility index (Phi) is 3.31. The molecule has 0 radical (unpaired) electrons. The second-order valence-electron chi connectivity index (χ2n) is 4.41. The number of fused-ring (bicyclic) bond motifs is 1. The first-order valence-electron chi connectivity index (χ1n) is 6.09. The predicted molar refractivity (Wildman–Crippen MR) is 82.0 cm³/mol. The van der Waals surface area contributed by atoms with Gasteiger partial charge in [-0.25, -0.2) is 4.79 Å². The number of aromatic nitrogens is 2. The molecule has 5 nitrogen and oxygen atoms in total. The van der Waals surface area contributed by atoms with Crippen molar-refractivity contribution in [1.29, 1.82) is 0 Å². The van der Waals surface area contributed by atoms with Crippen molar-refractivity contribution in [3.63, 3.8) is 0 Å². The fraction of sp³-hybridized carbons (Fsp3) is 0. The molecule has 0 unspecified atom stereocenters. The molecule has 104 valence electrons. The van der Waals surface area contributed by atoms with E-state index in [1.807, 2.05) is 12.1 Å². The number of carboxylic acids is 1. The summed E-state index contributed by atoms with van der Waals surface area (Å²) in [6.07, 6.45) is 0. The van der Waals surface area contributed by atoms with Crippen molar-refractivity contribution < 1.29 is 9.90 Å². The number of carboxylic acid groups (broad SMARTS) is 1. The van der Waals surface area contributed by atoms with Crippen molar-refractivity contribution in [3.8, 4) is 5.69 Å². The molecule has 0 aliphatic rings. The molecule has 0 saturated heterocycles. The highest BCUT2D eigenvalue weighted by molar-refractivity contribution is 9.10. The van der Waals surface area contributed by atoms with Gasteiger partial charge in [-0.15, -0.1) is 0 Å². The van der Waals surface area contributed by atoms with Crippen LogP contribution < -0.4 is 5.56 Å². The highest BCUT2D eigenvalue weighted by Crippen LogP contribution is 2.19. The summed E-state index contributed by atoms with van der Waals surface area (Å²) in [5.41, 5.74) is 0.417. The number of nitrogens with zero attached hydrogens (tertiary/aromatic N) is 2. The lowest BCUT2D eigenvalue weighted by Crippen LogP contribution is -2.21. The normalized spacial score (nSPS) is 10.7. The van der Waals surface area contributed by atoms with Gasteiger partial charge in [0.2, 0.25) is 0 Å². The van der Waals surface area contributed by atoms with E-state index in [4.69, 9.17) is 5.11 Å². The fourth-order valence-corrected chi connectivity index (χ4v) is 2.58. The Hall–Kier alpha value is -2.47. The minimum Gasteiger partial charge on any atom is -0.478 e. The maximum absolute atomic E-state index is 12.5. The van der Waals surface area contributed by atoms with Crippen molar-refractivity contribution >= 4 is 32.7 Å². The molecule has 0 spiro atoms. The van der Waals surface area contributed by atoms with Crippen LogP contribution in [0.2, 0.25) is 0 Å². The summed E-state index contributed by atoms with van der Waals surface area (Å²) >= 11 is 3.35. The maximum atomic E-state index is 12.5. The molecule has 0 fully saturated rings. The molecular weight excluding hydrogens is 336 g/mol. The second-order valence-corrected chi connectivity index (χ2v) is 5.16. The van der Waals surface area contributed by atoms with Crippen LogP contribution in [0.3, 0.4) is 0 Å². The fourth-order valence-electron chi connectivity index (χ4n) is 2.07. The smallest absolute Gasteiger partial charge is 0.335 e. The standard InChI is InChI=1S/C15H9BrN2O3/c16-13-11-3-1-2-4-12(11)14(19)18(17-13)10-7-5-9(6-8-10)15(20)21/h1-8H,(H,20,21). The molecule has 21 heavy (non-hydrogen) atoms. The van der Waals surface area contributed by atoms with Crippen LogP contribution in [-0.4, -0.2) is 20.9 Å². The van der Waals surface area contributed by atoms with Gasteiger partial charge >= 0.3 is 5.97 Å². The highest BCUT2D eigenvalue weighted by atomic mass is 79.9. The van der Waals surface area contributed by atoms with Crippen LogP contribution in [0.15, 0.2) is 57.9 Å². The van der Waals surface area contributed by atoms with Gasteiger partial charge in [0.25, 0.3) is 5.56 Å². The van der Waals surface area contributed by atoms with E-state index in [1.165, 1.54) is 16.8 Å². The Morgan fingerprint density at radius 1 is 1.05 bits per heavy atom. The van der Waals surface area contributed by atoms with Crippen LogP contribution in [0.25, 0.3) is 16.5 Å². The minimum absolute atomic E-state index is 0.159. The summed E-state index contributed by atoms with van der Waals surface area (Å²) in [7, 11) is 0. The van der Waals surface area contributed by atoms with E-state index in [0.29, 0.717) is 15.7 Å². The third kappa shape index (κ3) is 2.34. The van der Waals surface area contributed by atoms with Gasteiger partial charge in [-0.3, -0.25) is 4.79 Å². The van der Waals surface area contributed by atoms with E-state index in [9.17, 15) is 9.59 Å². The molecule has 0 saturated carbocycles. The molecule has 0 bridgehead atoms. The predicted octanol–water partition coefficient (Wildman–Crippen LogP) is 2.85. The third-order valence-corrected chi connectivity index (χ3v) is 3.70. The molecule has 1 N–H and O–H groups in total. The molecule has 1 heterocycles. The molecule has 0 aliphatic heterocycles. The SMILES string of the molecule is O=C(O)c1ccc(-n2nc(Br)c3ccccc3c2=O)cc1. The van der Waals surface area contributed by atoms with Gasteiger partial charge in [-0.2, -0.15) is 9.78 Å². The van der Waals surface area contributed by atoms with Crippen LogP contribution in [0.4, 0.5) is 0 Å². The number of aromatic carboxylic acids is 1. The van der Waals surface area contributed by atoms with Crippen molar-refractivity contribution in [2.45, 2.75) is 0 Å². The average molecular weight is 345 g/mol. The third-order valence-electron chi connectivity index (χ3n) is 3.12. The molecule has 0 aliphatic carbocycles. The lowest BCUT2D eigenvalue weighted by molar-refractivity contribution is 0.0697. The summed E-state index contributed by atoms with van der Waals surface area (Å²) in [4.78, 5) is 23.3. The largest absolute Gasteiger partial charge is 0.478 e. The summed E-state index contributed by atoms with van der Waals surface area (Å²) in [5, 5.41) is 14.4. The Morgan fingerprint density at radius 3 is 2.29 bits per heavy atom. The summed E-state index contributed by atoms with van der Waals surface area (Å²) in [5.74, 6) is -1.01. The first-order valence-corrected chi connectivity index (χ1v) is 6.88. The van der Waals surface area contributed by atoms with Crippen LogP contribution in [0.5, 0.6) is 0 Å². The Morgan fingerprint density at radius 2 is 1.67 bits per heavy atom. The van der Waals surface area contributed by atoms with Crippen LogP contribution >= 0.6 is 15.9 Å². The van der Waals surface area contributed by atoms with Crippen LogP contribution in [0.1, 0.15) is 10.4 Å². The van der Waals surface area contributed by atoms with E-state index in [-0.39, 0.29) is 11.1 Å². The van der Waals surface area contributed by atoms with Crippen LogP contribution in [0, 0.1) is 0 Å². The second kappa shape index (κ2) is 5.14. The van der Waals surface area contributed by atoms with Gasteiger partial charge in [-0.1, -0.05) is 18.2 Å². The van der Waals surface area contributed by atoms with Crippen molar-refractivity contribution in [2.24, 2.45) is 0 Å². The van der Waals surface area contributed by atoms with Crippen molar-refractivity contribution in [3.05, 3.63) is 69.1 Å². The molecular formula is C15H9BrN2O3. The summed E-state index contributed by atoms with van der Waals surface area (Å²) in [6, 6.07) is 13.1. The zero-order chi connectivity index (χ0) is 15.0. The molecule has 0 amide bonds. The van der Waals surface area contributed by atoms with Gasteiger partial charge in [0, 0.05) is 5.39 Å². The molecule has 6 heteroatoms. The van der Waals surface area contributed by atoms with Gasteiger partial charge in [0.1, 0.15) is 4.60 Å². The van der Waals surface area contributed by atoms with Gasteiger partial charge < -0.3 is 5.11 Å². The number of halogens is 1. The van der Waals surface area contributed by atoms with Crippen LogP contribution in [-0.2, 0) is 0 Å². The zero-order valence-corrected chi connectivity index (χ0v) is 12.2. The molecule has 3 aromatic rings. The Bertz CT molecular complexity index is 901. The van der Waals surface area contributed by atoms with Gasteiger partial charge in [0.15, 0.2) is 0 Å². The monoisotopic (exact) mass is 344 g/mol. The Balaban J connectivity index is 2.23. The van der Waals surface area contributed by atoms with Crippen molar-refractivity contribution in [1.82, 2.24) is 9.78 Å². The van der Waals surface area contributed by atoms with Gasteiger partial charge in [-0.05, 0) is 46.3 Å². The number of hydrogen-bond donors (Lipinski definition) is 1. The van der Waals surface area contributed by atoms with E-state index in [2.05, 4.69) is 21.0 Å². The Labute approximate surface area is 127 Å². The highest BCUT2D eigenvalue weighted by Gasteiger charge is 2.10. The van der Waals surface area contributed by atoms with E-state index in [0.717, 1.165) is 5.39 Å². The number of rotatable bonds is 2. The van der Waals surface area contributed by atoms with Crippen molar-refractivity contribution in [2.75, 3.05) is 0 Å². The number of benzene rings is 2. The van der Waals surface area contributed by atoms with Gasteiger partial charge in [0.05, 0.1) is 16.6 Å². The topological polar surface area (TPSA) is 72.2 Å². The zero-order valence-electron chi connectivity index (χ0n) is 10.7. The van der Waals surface area contributed by atoms with E-state index >= 15 is 0 Å². The van der Waals surface area contributed by atoms with E-state index < -0.39 is 5.97 Å². The maximum Gasteiger partial charge on any atom is 0.335 e. The summed E-state index contributed by atoms with van der Waals surface area (Å²) in [6.45, 7) is 0. The first-order chi connectivity index (χ1) is 10.1. The molecule has 3 rings (SSSR count). The lowest BCUT2D eigenvalue weighted by Gasteiger charge is -2.08. The lowest BCUT2D eigenvalue weighted by atomic mass is 10.2. The number of carbonyl (C=O) groups is 1. The average Bonchev–Trinajstić information content (AvgIpc) is 2.51. The molecule has 2 aromatic carbocycles.